The van der Waals surface area contributed by atoms with Gasteiger partial charge in [-0.05, 0) is 53.9 Å². The Hall–Kier alpha value is -3.05. The Balaban J connectivity index is 1.21. The summed E-state index contributed by atoms with van der Waals surface area (Å²) >= 11 is 0. The first kappa shape index (κ1) is 22.4. The van der Waals surface area contributed by atoms with Crippen molar-refractivity contribution < 1.29 is 13.6 Å². The molecule has 0 unspecified atom stereocenters. The highest BCUT2D eigenvalue weighted by molar-refractivity contribution is 5.98. The van der Waals surface area contributed by atoms with E-state index in [1.807, 2.05) is 17.0 Å². The normalized spacial score (nSPS) is 23.2. The predicted molar refractivity (Wildman–Crippen MR) is 133 cm³/mol. The largest absolute Gasteiger partial charge is 0.368 e. The van der Waals surface area contributed by atoms with Gasteiger partial charge in [0.15, 0.2) is 17.4 Å². The van der Waals surface area contributed by atoms with Gasteiger partial charge in [-0.1, -0.05) is 60.7 Å². The van der Waals surface area contributed by atoms with E-state index < -0.39 is 11.6 Å². The van der Waals surface area contributed by atoms with Gasteiger partial charge < -0.3 is 4.90 Å². The number of carbonyl (C=O) groups is 1. The van der Waals surface area contributed by atoms with E-state index in [2.05, 4.69) is 53.4 Å². The molecule has 0 amide bonds. The molecule has 1 saturated heterocycles. The Morgan fingerprint density at radius 2 is 1.37 bits per heavy atom. The van der Waals surface area contributed by atoms with Gasteiger partial charge in [-0.25, -0.2) is 8.78 Å². The summed E-state index contributed by atoms with van der Waals surface area (Å²) in [6.45, 7) is 3.19. The topological polar surface area (TPSA) is 23.6 Å². The van der Waals surface area contributed by atoms with Crippen LogP contribution in [0.4, 0.5) is 14.5 Å². The second-order valence-corrected chi connectivity index (χ2v) is 10.3. The van der Waals surface area contributed by atoms with Crippen LogP contribution in [0.2, 0.25) is 0 Å². The number of aryl methyl sites for hydroxylation is 1. The number of hydrogen-bond acceptors (Lipinski definition) is 3. The van der Waals surface area contributed by atoms with Crippen LogP contribution in [0, 0.1) is 23.5 Å². The summed E-state index contributed by atoms with van der Waals surface area (Å²) in [5.74, 6) is -1.20. The lowest BCUT2D eigenvalue weighted by molar-refractivity contribution is 0.0977. The summed E-state index contributed by atoms with van der Waals surface area (Å²) < 4.78 is 30.1. The molecule has 1 saturated carbocycles. The number of ketones is 1. The van der Waals surface area contributed by atoms with E-state index in [0.717, 1.165) is 39.0 Å². The second-order valence-electron chi connectivity index (χ2n) is 10.3. The summed E-state index contributed by atoms with van der Waals surface area (Å²) in [7, 11) is 0. The van der Waals surface area contributed by atoms with Gasteiger partial charge in [0, 0.05) is 38.6 Å². The van der Waals surface area contributed by atoms with E-state index in [4.69, 9.17) is 0 Å². The Kier molecular flexibility index (Phi) is 5.89. The molecule has 0 aromatic heterocycles. The zero-order chi connectivity index (χ0) is 23.9. The molecule has 5 heteroatoms. The highest BCUT2D eigenvalue weighted by Gasteiger charge is 2.58. The Labute approximate surface area is 205 Å². The van der Waals surface area contributed by atoms with Crippen LogP contribution in [-0.2, 0) is 19.5 Å². The number of anilines is 1. The number of halogens is 2. The molecule has 2 aliphatic carbocycles. The van der Waals surface area contributed by atoms with Crippen molar-refractivity contribution in [2.24, 2.45) is 11.8 Å². The van der Waals surface area contributed by atoms with Gasteiger partial charge in [0.1, 0.15) is 0 Å². The van der Waals surface area contributed by atoms with Crippen molar-refractivity contribution in [3.8, 4) is 0 Å². The van der Waals surface area contributed by atoms with Crippen LogP contribution in [0.15, 0.2) is 66.7 Å². The highest BCUT2D eigenvalue weighted by Crippen LogP contribution is 2.51. The lowest BCUT2D eigenvalue weighted by Crippen LogP contribution is -2.35. The fraction of sp³-hybridized carbons (Fsp3) is 0.367. The molecule has 35 heavy (non-hydrogen) atoms. The summed E-state index contributed by atoms with van der Waals surface area (Å²) in [5.41, 5.74) is 3.57. The van der Waals surface area contributed by atoms with Crippen molar-refractivity contribution in [2.45, 2.75) is 44.8 Å². The predicted octanol–water partition coefficient (Wildman–Crippen LogP) is 6.01. The first-order valence-electron chi connectivity index (χ1n) is 12.7. The summed E-state index contributed by atoms with van der Waals surface area (Å²) in [6, 6.07) is 23.2. The van der Waals surface area contributed by atoms with E-state index >= 15 is 4.39 Å². The molecule has 3 nitrogen and oxygen atoms in total. The number of fused-ring (bicyclic) bond motifs is 2. The lowest BCUT2D eigenvalue weighted by Gasteiger charge is -2.29. The molecule has 0 radical (unpaired) electrons. The maximum atomic E-state index is 15.1. The number of piperidine rings is 1. The summed E-state index contributed by atoms with van der Waals surface area (Å²) in [4.78, 5) is 16.9. The Morgan fingerprint density at radius 1 is 0.800 bits per heavy atom. The number of Topliss-reactive ketones (excluding diaryl/α,β-unsaturated/α-hetero) is 1. The van der Waals surface area contributed by atoms with E-state index in [9.17, 15) is 9.18 Å². The third-order valence-corrected chi connectivity index (χ3v) is 8.02. The van der Waals surface area contributed by atoms with Gasteiger partial charge in [-0.3, -0.25) is 9.69 Å². The van der Waals surface area contributed by atoms with Crippen LogP contribution < -0.4 is 4.90 Å². The van der Waals surface area contributed by atoms with Crippen LogP contribution in [0.5, 0.6) is 0 Å². The second kappa shape index (κ2) is 9.19. The van der Waals surface area contributed by atoms with Gasteiger partial charge >= 0.3 is 0 Å². The minimum absolute atomic E-state index is 0.0112. The molecule has 3 atom stereocenters. The van der Waals surface area contributed by atoms with Gasteiger partial charge in [0.05, 0.1) is 11.3 Å². The maximum absolute atomic E-state index is 15.1. The Bertz CT molecular complexity index is 1180. The third-order valence-electron chi connectivity index (χ3n) is 8.02. The number of benzene rings is 3. The fourth-order valence-electron chi connectivity index (χ4n) is 6.25. The molecule has 6 rings (SSSR count). The van der Waals surface area contributed by atoms with Gasteiger partial charge in [-0.15, -0.1) is 0 Å². The standard InChI is InChI=1S/C30H30F2N2O/c31-28-25(15-22-13-7-8-14-26(35)27(22)29(28)32)33-18-23-24(19-33)30(23)34(16-20-9-3-1-4-10-20)17-21-11-5-2-6-12-21/h1-6,9-12,15,23-24,30H,7-8,13-14,16-19H2/t23-,24+,30+. The molecular formula is C30H30F2N2O. The van der Waals surface area contributed by atoms with Crippen LogP contribution in [-0.4, -0.2) is 29.8 Å². The average Bonchev–Trinajstić information content (AvgIpc) is 3.44. The molecule has 3 aliphatic rings. The smallest absolute Gasteiger partial charge is 0.182 e. The summed E-state index contributed by atoms with van der Waals surface area (Å²) in [6.07, 6.45) is 2.51. The molecule has 2 fully saturated rings. The van der Waals surface area contributed by atoms with Crippen molar-refractivity contribution in [3.63, 3.8) is 0 Å². The minimum atomic E-state index is -0.948. The molecule has 0 bridgehead atoms. The summed E-state index contributed by atoms with van der Waals surface area (Å²) in [5, 5.41) is 0. The van der Waals surface area contributed by atoms with Crippen molar-refractivity contribution in [1.82, 2.24) is 4.90 Å². The van der Waals surface area contributed by atoms with Crippen LogP contribution in [0.25, 0.3) is 0 Å². The first-order valence-corrected chi connectivity index (χ1v) is 12.7. The molecule has 0 spiro atoms. The molecule has 1 aliphatic heterocycles. The molecule has 0 N–H and O–H groups in total. The zero-order valence-corrected chi connectivity index (χ0v) is 19.8. The third kappa shape index (κ3) is 4.27. The molecule has 180 valence electrons. The number of carbonyl (C=O) groups excluding carboxylic acids is 1. The minimum Gasteiger partial charge on any atom is -0.368 e. The van der Waals surface area contributed by atoms with E-state index in [1.54, 1.807) is 6.07 Å². The number of rotatable bonds is 6. The van der Waals surface area contributed by atoms with Crippen molar-refractivity contribution >= 4 is 11.5 Å². The van der Waals surface area contributed by atoms with Gasteiger partial charge in [0.2, 0.25) is 0 Å². The van der Waals surface area contributed by atoms with Crippen molar-refractivity contribution in [3.05, 3.63) is 101 Å². The van der Waals surface area contributed by atoms with Crippen molar-refractivity contribution in [1.29, 1.82) is 0 Å². The van der Waals surface area contributed by atoms with Crippen LogP contribution >= 0.6 is 0 Å². The molecule has 3 aromatic carbocycles. The number of nitrogens with zero attached hydrogens (tertiary/aromatic N) is 2. The van der Waals surface area contributed by atoms with Gasteiger partial charge in [0.25, 0.3) is 0 Å². The van der Waals surface area contributed by atoms with E-state index in [1.165, 1.54) is 11.1 Å². The molecule has 3 aromatic rings. The molecular weight excluding hydrogens is 442 g/mol. The van der Waals surface area contributed by atoms with Crippen molar-refractivity contribution in [2.75, 3.05) is 18.0 Å². The van der Waals surface area contributed by atoms with Gasteiger partial charge in [-0.2, -0.15) is 0 Å². The number of hydrogen-bond donors (Lipinski definition) is 0. The zero-order valence-electron chi connectivity index (χ0n) is 19.8. The highest BCUT2D eigenvalue weighted by atomic mass is 19.2. The first-order chi connectivity index (χ1) is 17.1. The Morgan fingerprint density at radius 3 is 1.97 bits per heavy atom. The average molecular weight is 473 g/mol. The lowest BCUT2D eigenvalue weighted by atomic mass is 9.99. The van der Waals surface area contributed by atoms with Crippen LogP contribution in [0.1, 0.15) is 46.3 Å². The SMILES string of the molecule is O=C1CCCCc2cc(N3C[C@@H]4[C@H](C3)[C@H]4N(Cc3ccccc3)Cc3ccccc3)c(F)c(F)c21. The maximum Gasteiger partial charge on any atom is 0.182 e. The van der Waals surface area contributed by atoms with E-state index in [-0.39, 0.29) is 11.3 Å². The van der Waals surface area contributed by atoms with E-state index in [0.29, 0.717) is 42.0 Å². The monoisotopic (exact) mass is 472 g/mol. The van der Waals surface area contributed by atoms with Crippen LogP contribution in [0.3, 0.4) is 0 Å². The fourth-order valence-corrected chi connectivity index (χ4v) is 6.25. The molecule has 1 heterocycles. The quantitative estimate of drug-likeness (QED) is 0.411.